The monoisotopic (exact) mass is 404 g/mol. The average Bonchev–Trinajstić information content (AvgIpc) is 3.11. The Morgan fingerprint density at radius 2 is 1.89 bits per heavy atom. The Morgan fingerprint density at radius 1 is 1.07 bits per heavy atom. The Bertz CT molecular complexity index is 1220. The fraction of sp³-hybridized carbons (Fsp3) is 0.111. The van der Waals surface area contributed by atoms with Gasteiger partial charge in [-0.1, -0.05) is 12.1 Å². The number of rotatable bonds is 5. The molecule has 144 valence electrons. The molecule has 0 radical (unpaired) electrons. The van der Waals surface area contributed by atoms with Crippen LogP contribution in [0, 0.1) is 5.82 Å². The van der Waals surface area contributed by atoms with Crippen LogP contribution in [-0.4, -0.2) is 18.7 Å². The predicted octanol–water partition coefficient (Wildman–Crippen LogP) is 3.91. The highest BCUT2D eigenvalue weighted by atomic mass is 32.2. The molecule has 10 heteroatoms. The molecule has 0 spiro atoms. The van der Waals surface area contributed by atoms with Gasteiger partial charge in [-0.3, -0.25) is 4.72 Å². The van der Waals surface area contributed by atoms with Crippen LogP contribution in [0.15, 0.2) is 69.6 Å². The number of nitrogens with zero attached hydrogens (tertiary/aromatic N) is 2. The third kappa shape index (κ3) is 3.58. The van der Waals surface area contributed by atoms with Gasteiger partial charge in [0.2, 0.25) is 0 Å². The van der Waals surface area contributed by atoms with E-state index in [0.717, 1.165) is 6.08 Å². The first-order valence-electron chi connectivity index (χ1n) is 8.29. The number of sulfonamides is 1. The standard InChI is InChI=1S/C18H14F2N4O3S/c19-11-3-1-5-13(9-11)21-15-7-8-16(18-17(15)22-27-23-18)28(25,26)24-14-6-2-4-12(20)10-14/h1,3,5-10,21,24H,2,4H2. The maximum atomic E-state index is 13.4. The summed E-state index contributed by atoms with van der Waals surface area (Å²) in [5.74, 6) is -0.827. The molecule has 0 atom stereocenters. The SMILES string of the molecule is O=S(=O)(NC1=CCCC(F)=C1)c1ccc(Nc2cccc(F)c2)c2nonc12. The highest BCUT2D eigenvalue weighted by molar-refractivity contribution is 7.89. The van der Waals surface area contributed by atoms with Gasteiger partial charge in [-0.05, 0) is 53.1 Å². The first kappa shape index (κ1) is 18.1. The summed E-state index contributed by atoms with van der Waals surface area (Å²) in [5.41, 5.74) is 1.14. The number of fused-ring (bicyclic) bond motifs is 1. The van der Waals surface area contributed by atoms with Gasteiger partial charge in [0.15, 0.2) is 11.0 Å². The highest BCUT2D eigenvalue weighted by Gasteiger charge is 2.23. The summed E-state index contributed by atoms with van der Waals surface area (Å²) in [7, 11) is -4.06. The zero-order chi connectivity index (χ0) is 19.7. The molecule has 1 heterocycles. The summed E-state index contributed by atoms with van der Waals surface area (Å²) in [6.07, 6.45) is 3.37. The molecule has 1 aliphatic carbocycles. The fourth-order valence-corrected chi connectivity index (χ4v) is 4.03. The van der Waals surface area contributed by atoms with Crippen LogP contribution >= 0.6 is 0 Å². The predicted molar refractivity (Wildman–Crippen MR) is 98.3 cm³/mol. The summed E-state index contributed by atoms with van der Waals surface area (Å²) >= 11 is 0. The molecular weight excluding hydrogens is 390 g/mol. The van der Waals surface area contributed by atoms with Gasteiger partial charge < -0.3 is 5.32 Å². The van der Waals surface area contributed by atoms with Gasteiger partial charge in [-0.2, -0.15) is 0 Å². The Labute approximate surface area is 158 Å². The second kappa shape index (κ2) is 7.04. The molecule has 2 N–H and O–H groups in total. The number of allylic oxidation sites excluding steroid dienone is 3. The van der Waals surface area contributed by atoms with Gasteiger partial charge in [-0.15, -0.1) is 0 Å². The number of hydrogen-bond acceptors (Lipinski definition) is 6. The van der Waals surface area contributed by atoms with Gasteiger partial charge in [-0.25, -0.2) is 21.8 Å². The van der Waals surface area contributed by atoms with Crippen LogP contribution in [-0.2, 0) is 10.0 Å². The van der Waals surface area contributed by atoms with E-state index in [4.69, 9.17) is 4.63 Å². The molecule has 0 aliphatic heterocycles. The van der Waals surface area contributed by atoms with Crippen molar-refractivity contribution in [3.05, 3.63) is 65.9 Å². The van der Waals surface area contributed by atoms with E-state index in [1.165, 1.54) is 30.3 Å². The van der Waals surface area contributed by atoms with E-state index in [1.54, 1.807) is 12.1 Å². The van der Waals surface area contributed by atoms with Gasteiger partial charge in [0.05, 0.1) is 5.69 Å². The lowest BCUT2D eigenvalue weighted by Crippen LogP contribution is -2.23. The second-order valence-electron chi connectivity index (χ2n) is 6.10. The Morgan fingerprint density at radius 3 is 2.68 bits per heavy atom. The van der Waals surface area contributed by atoms with E-state index in [-0.39, 0.29) is 28.0 Å². The largest absolute Gasteiger partial charge is 0.354 e. The molecule has 0 saturated heterocycles. The summed E-state index contributed by atoms with van der Waals surface area (Å²) < 4.78 is 59.4. The molecule has 7 nitrogen and oxygen atoms in total. The van der Waals surface area contributed by atoms with Gasteiger partial charge in [0.25, 0.3) is 10.0 Å². The number of aromatic nitrogens is 2. The van der Waals surface area contributed by atoms with E-state index >= 15 is 0 Å². The maximum absolute atomic E-state index is 13.4. The lowest BCUT2D eigenvalue weighted by atomic mass is 10.1. The van der Waals surface area contributed by atoms with Gasteiger partial charge in [0, 0.05) is 17.8 Å². The molecule has 3 aromatic rings. The molecule has 4 rings (SSSR count). The minimum Gasteiger partial charge on any atom is -0.354 e. The normalized spacial score (nSPS) is 14.5. The Kier molecular flexibility index (Phi) is 4.55. The molecule has 1 aliphatic rings. The summed E-state index contributed by atoms with van der Waals surface area (Å²) in [6.45, 7) is 0. The van der Waals surface area contributed by atoms with Crippen molar-refractivity contribution in [3.8, 4) is 0 Å². The van der Waals surface area contributed by atoms with Crippen LogP contribution < -0.4 is 10.0 Å². The molecule has 0 amide bonds. The number of anilines is 2. The van der Waals surface area contributed by atoms with Crippen LogP contribution in [0.5, 0.6) is 0 Å². The average molecular weight is 404 g/mol. The molecule has 0 saturated carbocycles. The smallest absolute Gasteiger partial charge is 0.264 e. The van der Waals surface area contributed by atoms with Crippen molar-refractivity contribution < 1.29 is 21.8 Å². The first-order valence-corrected chi connectivity index (χ1v) is 9.77. The highest BCUT2D eigenvalue weighted by Crippen LogP contribution is 2.30. The number of halogens is 2. The number of benzene rings is 2. The van der Waals surface area contributed by atoms with Gasteiger partial charge >= 0.3 is 0 Å². The van der Waals surface area contributed by atoms with Crippen molar-refractivity contribution >= 4 is 32.4 Å². The Hall–Kier alpha value is -3.27. The number of nitrogens with one attached hydrogen (secondary N) is 2. The minimum absolute atomic E-state index is 0.00485. The molecule has 0 fully saturated rings. The van der Waals surface area contributed by atoms with Gasteiger partial charge in [0.1, 0.15) is 16.5 Å². The molecule has 28 heavy (non-hydrogen) atoms. The quantitative estimate of drug-likeness (QED) is 0.669. The van der Waals surface area contributed by atoms with Crippen LogP contribution in [0.25, 0.3) is 11.0 Å². The second-order valence-corrected chi connectivity index (χ2v) is 7.75. The minimum atomic E-state index is -4.06. The van der Waals surface area contributed by atoms with E-state index in [1.807, 2.05) is 0 Å². The molecule has 1 aromatic heterocycles. The lowest BCUT2D eigenvalue weighted by Gasteiger charge is -2.13. The molecule has 2 aromatic carbocycles. The van der Waals surface area contributed by atoms with E-state index in [9.17, 15) is 17.2 Å². The summed E-state index contributed by atoms with van der Waals surface area (Å²) in [5, 5.41) is 10.4. The van der Waals surface area contributed by atoms with Crippen molar-refractivity contribution in [2.75, 3.05) is 5.32 Å². The Balaban J connectivity index is 1.70. The zero-order valence-electron chi connectivity index (χ0n) is 14.3. The third-order valence-electron chi connectivity index (χ3n) is 4.08. The van der Waals surface area contributed by atoms with E-state index < -0.39 is 21.7 Å². The fourth-order valence-electron chi connectivity index (χ4n) is 2.83. The summed E-state index contributed by atoms with van der Waals surface area (Å²) in [4.78, 5) is -0.172. The van der Waals surface area contributed by atoms with Crippen molar-refractivity contribution in [2.45, 2.75) is 17.7 Å². The van der Waals surface area contributed by atoms with Crippen LogP contribution in [0.4, 0.5) is 20.2 Å². The number of hydrogen-bond donors (Lipinski definition) is 2. The molecule has 0 unspecified atom stereocenters. The molecular formula is C18H14F2N4O3S. The molecule has 0 bridgehead atoms. The first-order chi connectivity index (χ1) is 13.4. The van der Waals surface area contributed by atoms with Crippen molar-refractivity contribution in [1.82, 2.24) is 15.0 Å². The van der Waals surface area contributed by atoms with Crippen molar-refractivity contribution in [2.24, 2.45) is 0 Å². The zero-order valence-corrected chi connectivity index (χ0v) is 15.1. The lowest BCUT2D eigenvalue weighted by molar-refractivity contribution is 0.315. The van der Waals surface area contributed by atoms with Crippen molar-refractivity contribution in [1.29, 1.82) is 0 Å². The maximum Gasteiger partial charge on any atom is 0.264 e. The van der Waals surface area contributed by atoms with Crippen LogP contribution in [0.2, 0.25) is 0 Å². The van der Waals surface area contributed by atoms with Crippen molar-refractivity contribution in [3.63, 3.8) is 0 Å². The summed E-state index contributed by atoms with van der Waals surface area (Å²) in [6, 6.07) is 8.55. The topological polar surface area (TPSA) is 97.1 Å². The van der Waals surface area contributed by atoms with Crippen LogP contribution in [0.1, 0.15) is 12.8 Å². The van der Waals surface area contributed by atoms with E-state index in [0.29, 0.717) is 17.8 Å². The van der Waals surface area contributed by atoms with Crippen LogP contribution in [0.3, 0.4) is 0 Å². The third-order valence-corrected chi connectivity index (χ3v) is 5.50. The van der Waals surface area contributed by atoms with E-state index in [2.05, 4.69) is 20.4 Å².